The number of amides is 3. The molecular formula is C43H89N7O3. The zero-order valence-electron chi connectivity index (χ0n) is 37.6. The van der Waals surface area contributed by atoms with E-state index in [-0.39, 0.29) is 50.2 Å². The summed E-state index contributed by atoms with van der Waals surface area (Å²) in [6, 6.07) is 0. The molecular weight excluding hydrogens is 663 g/mol. The standard InChI is InChI=1S/C43H89N7O3/c1-16-40(8,9)31-43(14,15)34-48-36(52)18-24-49(23-17-35(51)46-32-41(10,11)29-38(2,3)4)27-28-50(26-22-45-21-20-44)25-19-37(53)47-33-42(12,13)30-39(5,6)7/h45H,16-34,44H2,1-15H3,(H,46,51)(H,47,53)(H,48,52). The lowest BCUT2D eigenvalue weighted by Gasteiger charge is -2.34. The molecule has 0 radical (unpaired) electrons. The number of carbonyl (C=O) groups is 3. The molecule has 0 saturated carbocycles. The van der Waals surface area contributed by atoms with Crippen molar-refractivity contribution in [2.75, 3.05) is 78.5 Å². The molecule has 0 aromatic heterocycles. The van der Waals surface area contributed by atoms with Crippen LogP contribution in [0.5, 0.6) is 0 Å². The molecule has 0 aromatic carbocycles. The van der Waals surface area contributed by atoms with Crippen molar-refractivity contribution >= 4 is 17.7 Å². The molecule has 0 saturated heterocycles. The molecule has 0 spiro atoms. The number of hydrogen-bond acceptors (Lipinski definition) is 7. The van der Waals surface area contributed by atoms with E-state index in [2.05, 4.69) is 135 Å². The molecule has 0 heterocycles. The normalized spacial score (nSPS) is 13.5. The van der Waals surface area contributed by atoms with Gasteiger partial charge in [-0.15, -0.1) is 0 Å². The molecule has 53 heavy (non-hydrogen) atoms. The summed E-state index contributed by atoms with van der Waals surface area (Å²) in [5.74, 6) is 0.145. The lowest BCUT2D eigenvalue weighted by molar-refractivity contribution is -0.123. The van der Waals surface area contributed by atoms with Gasteiger partial charge in [0.1, 0.15) is 0 Å². The van der Waals surface area contributed by atoms with Crippen LogP contribution in [0.1, 0.15) is 149 Å². The Morgan fingerprint density at radius 2 is 0.811 bits per heavy atom. The van der Waals surface area contributed by atoms with Gasteiger partial charge in [-0.25, -0.2) is 0 Å². The van der Waals surface area contributed by atoms with Crippen LogP contribution in [0.3, 0.4) is 0 Å². The lowest BCUT2D eigenvalue weighted by Crippen LogP contribution is -2.43. The molecule has 0 rings (SSSR count). The molecule has 0 aromatic rings. The van der Waals surface area contributed by atoms with Crippen molar-refractivity contribution in [3.63, 3.8) is 0 Å². The van der Waals surface area contributed by atoms with E-state index < -0.39 is 0 Å². The average molecular weight is 752 g/mol. The summed E-state index contributed by atoms with van der Waals surface area (Å²) in [7, 11) is 0. The van der Waals surface area contributed by atoms with Crippen molar-refractivity contribution in [1.82, 2.24) is 31.1 Å². The van der Waals surface area contributed by atoms with Crippen LogP contribution in [0, 0.1) is 32.5 Å². The zero-order valence-corrected chi connectivity index (χ0v) is 37.6. The van der Waals surface area contributed by atoms with E-state index in [4.69, 9.17) is 5.73 Å². The van der Waals surface area contributed by atoms with E-state index in [0.29, 0.717) is 71.6 Å². The maximum absolute atomic E-state index is 13.1. The Bertz CT molecular complexity index is 1060. The third kappa shape index (κ3) is 29.2. The summed E-state index contributed by atoms with van der Waals surface area (Å²) in [6.45, 7) is 41.5. The second-order valence-electron chi connectivity index (χ2n) is 21.5. The highest BCUT2D eigenvalue weighted by Gasteiger charge is 2.29. The fraction of sp³-hybridized carbons (Fsp3) is 0.930. The summed E-state index contributed by atoms with van der Waals surface area (Å²) < 4.78 is 0. The van der Waals surface area contributed by atoms with Gasteiger partial charge in [0.25, 0.3) is 0 Å². The first-order chi connectivity index (χ1) is 24.1. The number of hydrogen-bond donors (Lipinski definition) is 5. The van der Waals surface area contributed by atoms with E-state index >= 15 is 0 Å². The van der Waals surface area contributed by atoms with Gasteiger partial charge < -0.3 is 36.8 Å². The molecule has 314 valence electrons. The fourth-order valence-electron chi connectivity index (χ4n) is 7.95. The molecule has 6 N–H and O–H groups in total. The van der Waals surface area contributed by atoms with Gasteiger partial charge in [0.15, 0.2) is 0 Å². The Balaban J connectivity index is 5.57. The summed E-state index contributed by atoms with van der Waals surface area (Å²) in [6.07, 6.45) is 5.33. The molecule has 10 nitrogen and oxygen atoms in total. The van der Waals surface area contributed by atoms with Crippen LogP contribution < -0.4 is 27.0 Å². The van der Waals surface area contributed by atoms with Crippen LogP contribution in [0.15, 0.2) is 0 Å². The lowest BCUT2D eigenvalue weighted by atomic mass is 9.73. The predicted molar refractivity (Wildman–Crippen MR) is 226 cm³/mol. The highest BCUT2D eigenvalue weighted by atomic mass is 16.2. The predicted octanol–water partition coefficient (Wildman–Crippen LogP) is 6.43. The summed E-state index contributed by atoms with van der Waals surface area (Å²) >= 11 is 0. The van der Waals surface area contributed by atoms with Gasteiger partial charge in [-0.2, -0.15) is 0 Å². The minimum atomic E-state index is -0.00111. The first-order valence-corrected chi connectivity index (χ1v) is 20.7. The summed E-state index contributed by atoms with van der Waals surface area (Å²) in [4.78, 5) is 43.8. The van der Waals surface area contributed by atoms with Crippen molar-refractivity contribution in [2.24, 2.45) is 38.2 Å². The van der Waals surface area contributed by atoms with Gasteiger partial charge in [0.2, 0.25) is 17.7 Å². The minimum Gasteiger partial charge on any atom is -0.356 e. The Labute approximate surface area is 328 Å². The largest absolute Gasteiger partial charge is 0.356 e. The van der Waals surface area contributed by atoms with E-state index in [1.807, 2.05) is 0 Å². The van der Waals surface area contributed by atoms with Crippen molar-refractivity contribution in [3.8, 4) is 0 Å². The van der Waals surface area contributed by atoms with Crippen molar-refractivity contribution in [3.05, 3.63) is 0 Å². The van der Waals surface area contributed by atoms with Crippen LogP contribution >= 0.6 is 0 Å². The first kappa shape index (κ1) is 51.2. The van der Waals surface area contributed by atoms with E-state index in [1.54, 1.807) is 0 Å². The van der Waals surface area contributed by atoms with Crippen molar-refractivity contribution in [1.29, 1.82) is 0 Å². The third-order valence-electron chi connectivity index (χ3n) is 9.85. The molecule has 10 heteroatoms. The zero-order chi connectivity index (χ0) is 41.2. The van der Waals surface area contributed by atoms with Crippen LogP contribution in [-0.2, 0) is 14.4 Å². The smallest absolute Gasteiger partial charge is 0.221 e. The Morgan fingerprint density at radius 3 is 1.13 bits per heavy atom. The van der Waals surface area contributed by atoms with Gasteiger partial charge in [-0.3, -0.25) is 14.4 Å². The Kier molecular flexibility index (Phi) is 22.6. The van der Waals surface area contributed by atoms with Gasteiger partial charge in [0, 0.05) is 97.8 Å². The molecule has 0 atom stereocenters. The van der Waals surface area contributed by atoms with Gasteiger partial charge >= 0.3 is 0 Å². The summed E-state index contributed by atoms with van der Waals surface area (Å²) in [5, 5.41) is 12.9. The molecule has 0 unspecified atom stereocenters. The number of rotatable bonds is 28. The second-order valence-corrected chi connectivity index (χ2v) is 21.5. The fourth-order valence-corrected chi connectivity index (χ4v) is 7.95. The van der Waals surface area contributed by atoms with Crippen LogP contribution in [0.2, 0.25) is 0 Å². The number of nitrogens with two attached hydrogens (primary N) is 1. The molecule has 0 aliphatic rings. The van der Waals surface area contributed by atoms with Crippen molar-refractivity contribution < 1.29 is 14.4 Å². The van der Waals surface area contributed by atoms with Gasteiger partial charge in [0.05, 0.1) is 0 Å². The maximum atomic E-state index is 13.1. The SMILES string of the molecule is CCC(C)(C)CC(C)(C)CNC(=O)CCN(CCC(=O)NCC(C)(C)CC(C)(C)C)CCN(CCNCCN)CCC(=O)NCC(C)(C)CC(C)(C)C. The average Bonchev–Trinajstić information content (AvgIpc) is 2.99. The van der Waals surface area contributed by atoms with E-state index in [0.717, 1.165) is 51.9 Å². The molecule has 0 aliphatic carbocycles. The van der Waals surface area contributed by atoms with Gasteiger partial charge in [-0.1, -0.05) is 110 Å². The van der Waals surface area contributed by atoms with Gasteiger partial charge in [-0.05, 0) is 51.8 Å². The number of carbonyl (C=O) groups excluding carboxylic acids is 3. The summed E-state index contributed by atoms with van der Waals surface area (Å²) in [5.41, 5.74) is 6.33. The first-order valence-electron chi connectivity index (χ1n) is 20.7. The Morgan fingerprint density at radius 1 is 0.472 bits per heavy atom. The number of nitrogens with one attached hydrogen (secondary N) is 4. The minimum absolute atomic E-state index is 0.000778. The Hall–Kier alpha value is -1.75. The van der Waals surface area contributed by atoms with Crippen LogP contribution in [-0.4, -0.2) is 106 Å². The third-order valence-corrected chi connectivity index (χ3v) is 9.85. The quantitative estimate of drug-likeness (QED) is 0.0583. The topological polar surface area (TPSA) is 132 Å². The molecule has 0 aliphatic heterocycles. The van der Waals surface area contributed by atoms with E-state index in [9.17, 15) is 14.4 Å². The molecule has 0 fully saturated rings. The highest BCUT2D eigenvalue weighted by molar-refractivity contribution is 5.77. The highest BCUT2D eigenvalue weighted by Crippen LogP contribution is 2.36. The number of nitrogens with zero attached hydrogens (tertiary/aromatic N) is 2. The van der Waals surface area contributed by atoms with Crippen LogP contribution in [0.4, 0.5) is 0 Å². The van der Waals surface area contributed by atoms with Crippen LogP contribution in [0.25, 0.3) is 0 Å². The van der Waals surface area contributed by atoms with Crippen molar-refractivity contribution in [2.45, 2.75) is 149 Å². The monoisotopic (exact) mass is 752 g/mol. The molecule has 3 amide bonds. The molecule has 0 bridgehead atoms. The maximum Gasteiger partial charge on any atom is 0.221 e. The second kappa shape index (κ2) is 23.3. The van der Waals surface area contributed by atoms with E-state index in [1.165, 1.54) is 0 Å².